The van der Waals surface area contributed by atoms with E-state index in [0.717, 1.165) is 5.56 Å². The van der Waals surface area contributed by atoms with Gasteiger partial charge in [-0.25, -0.2) is 4.98 Å². The smallest absolute Gasteiger partial charge is 0.187 e. The van der Waals surface area contributed by atoms with Crippen LogP contribution >= 0.6 is 23.2 Å². The van der Waals surface area contributed by atoms with Crippen LogP contribution in [-0.4, -0.2) is 47.1 Å². The quantitative estimate of drug-likeness (QED) is 0.531. The summed E-state index contributed by atoms with van der Waals surface area (Å²) >= 11 is 12.4. The molecule has 168 valence electrons. The van der Waals surface area contributed by atoms with Gasteiger partial charge in [-0.3, -0.25) is 4.79 Å². The number of carbonyl (C=O) groups is 1. The molecule has 0 bridgehead atoms. The molecule has 1 N–H and O–H groups in total. The summed E-state index contributed by atoms with van der Waals surface area (Å²) in [5, 5.41) is 21.5. The lowest BCUT2D eigenvalue weighted by Gasteiger charge is -2.35. The molecule has 7 nitrogen and oxygen atoms in total. The third kappa shape index (κ3) is 4.83. The van der Waals surface area contributed by atoms with Gasteiger partial charge < -0.3 is 10.2 Å². The maximum Gasteiger partial charge on any atom is 0.187 e. The fourth-order valence-electron chi connectivity index (χ4n) is 4.38. The molecule has 1 aliphatic rings. The number of nitriles is 1. The second kappa shape index (κ2) is 9.84. The fourth-order valence-corrected chi connectivity index (χ4v) is 4.69. The topological polar surface area (TPSA) is 94.8 Å². The lowest BCUT2D eigenvalue weighted by molar-refractivity contribution is 0.0927. The standard InChI is InChI=1S/C24H22Cl2N6O/c1-14-7-17(11-30-31-14)24(33)23(32(2)22-6-3-15(9-27)10-29-22)19-13-28-12-18(19)16-4-5-20(25)21(26)8-16/h3-8,10-11,18-19,23,28H,12-13H2,1-2H3/t18-,19-,23?/m1/s1. The largest absolute Gasteiger partial charge is 0.349 e. The molecule has 33 heavy (non-hydrogen) atoms. The molecule has 0 radical (unpaired) electrons. The van der Waals surface area contributed by atoms with Crippen LogP contribution in [0.1, 0.15) is 33.1 Å². The normalized spacial score (nSPS) is 18.5. The molecular weight excluding hydrogens is 459 g/mol. The molecule has 0 spiro atoms. The summed E-state index contributed by atoms with van der Waals surface area (Å²) < 4.78 is 0. The Morgan fingerprint density at radius 2 is 2.00 bits per heavy atom. The Morgan fingerprint density at radius 1 is 1.18 bits per heavy atom. The first-order valence-electron chi connectivity index (χ1n) is 10.5. The summed E-state index contributed by atoms with van der Waals surface area (Å²) in [6, 6.07) is 12.3. The van der Waals surface area contributed by atoms with Gasteiger partial charge in [-0.05, 0) is 42.8 Å². The van der Waals surface area contributed by atoms with Crippen LogP contribution in [0, 0.1) is 24.2 Å². The zero-order valence-electron chi connectivity index (χ0n) is 18.2. The number of rotatable bonds is 6. The van der Waals surface area contributed by atoms with Gasteiger partial charge >= 0.3 is 0 Å². The maximum absolute atomic E-state index is 13.9. The van der Waals surface area contributed by atoms with Crippen molar-refractivity contribution in [3.8, 4) is 6.07 Å². The number of aryl methyl sites for hydroxylation is 1. The van der Waals surface area contributed by atoms with Gasteiger partial charge in [0.1, 0.15) is 11.9 Å². The summed E-state index contributed by atoms with van der Waals surface area (Å²) in [5.41, 5.74) is 2.64. The van der Waals surface area contributed by atoms with Crippen molar-refractivity contribution in [3.63, 3.8) is 0 Å². The Balaban J connectivity index is 1.76. The number of ketones is 1. The molecule has 3 heterocycles. The van der Waals surface area contributed by atoms with Gasteiger partial charge in [-0.2, -0.15) is 15.5 Å². The minimum Gasteiger partial charge on any atom is -0.349 e. The highest BCUT2D eigenvalue weighted by Crippen LogP contribution is 2.37. The third-order valence-corrected chi connectivity index (χ3v) is 6.76. The highest BCUT2D eigenvalue weighted by Gasteiger charge is 2.41. The lowest BCUT2D eigenvalue weighted by Crippen LogP contribution is -2.47. The zero-order chi connectivity index (χ0) is 23.5. The van der Waals surface area contributed by atoms with Crippen LogP contribution in [0.15, 0.2) is 48.8 Å². The number of nitrogens with zero attached hydrogens (tertiary/aromatic N) is 5. The van der Waals surface area contributed by atoms with Crippen molar-refractivity contribution >= 4 is 34.8 Å². The molecule has 1 saturated heterocycles. The first-order valence-corrected chi connectivity index (χ1v) is 11.2. The van der Waals surface area contributed by atoms with Crippen LogP contribution in [0.25, 0.3) is 0 Å². The van der Waals surface area contributed by atoms with Crippen LogP contribution in [-0.2, 0) is 0 Å². The Kier molecular flexibility index (Phi) is 6.89. The second-order valence-corrected chi connectivity index (χ2v) is 8.94. The zero-order valence-corrected chi connectivity index (χ0v) is 19.7. The van der Waals surface area contributed by atoms with E-state index in [9.17, 15) is 4.79 Å². The van der Waals surface area contributed by atoms with E-state index < -0.39 is 6.04 Å². The number of nitrogens with one attached hydrogen (secondary N) is 1. The predicted octanol–water partition coefficient (Wildman–Crippen LogP) is 4.05. The van der Waals surface area contributed by atoms with Crippen LogP contribution in [0.4, 0.5) is 5.82 Å². The number of anilines is 1. The molecule has 4 rings (SSSR count). The number of carbonyl (C=O) groups excluding carboxylic acids is 1. The first kappa shape index (κ1) is 23.1. The summed E-state index contributed by atoms with van der Waals surface area (Å²) in [4.78, 5) is 20.2. The lowest BCUT2D eigenvalue weighted by atomic mass is 9.80. The summed E-state index contributed by atoms with van der Waals surface area (Å²) in [6.07, 6.45) is 3.01. The fraction of sp³-hybridized carbons (Fsp3) is 0.292. The highest BCUT2D eigenvalue weighted by molar-refractivity contribution is 6.42. The molecule has 1 fully saturated rings. The van der Waals surface area contributed by atoms with E-state index in [2.05, 4.69) is 26.6 Å². The molecule has 3 atom stereocenters. The Bertz CT molecular complexity index is 1210. The van der Waals surface area contributed by atoms with E-state index in [1.165, 1.54) is 12.4 Å². The SMILES string of the molecule is Cc1cc(C(=O)C([C@@H]2CNC[C@@H]2c2ccc(Cl)c(Cl)c2)N(C)c2ccc(C#N)cn2)cnn1. The Labute approximate surface area is 202 Å². The monoisotopic (exact) mass is 480 g/mol. The minimum atomic E-state index is -0.538. The van der Waals surface area contributed by atoms with Crippen molar-refractivity contribution < 1.29 is 4.79 Å². The van der Waals surface area contributed by atoms with Crippen LogP contribution < -0.4 is 10.2 Å². The van der Waals surface area contributed by atoms with Crippen molar-refractivity contribution in [2.75, 3.05) is 25.0 Å². The molecule has 3 aromatic rings. The number of benzene rings is 1. The molecule has 0 aliphatic carbocycles. The molecule has 1 unspecified atom stereocenters. The van der Waals surface area contributed by atoms with Crippen molar-refractivity contribution in [1.29, 1.82) is 5.26 Å². The van der Waals surface area contributed by atoms with E-state index in [0.29, 0.717) is 45.8 Å². The average Bonchev–Trinajstić information content (AvgIpc) is 3.30. The van der Waals surface area contributed by atoms with Crippen LogP contribution in [0.5, 0.6) is 0 Å². The van der Waals surface area contributed by atoms with Crippen molar-refractivity contribution in [3.05, 3.63) is 81.2 Å². The van der Waals surface area contributed by atoms with Crippen LogP contribution in [0.3, 0.4) is 0 Å². The third-order valence-electron chi connectivity index (χ3n) is 6.02. The van der Waals surface area contributed by atoms with Gasteiger partial charge in [0, 0.05) is 43.7 Å². The maximum atomic E-state index is 13.9. The molecule has 1 aliphatic heterocycles. The number of likely N-dealkylation sites (N-methyl/N-ethyl adjacent to an activating group) is 1. The van der Waals surface area contributed by atoms with Crippen LogP contribution in [0.2, 0.25) is 10.0 Å². The number of halogens is 2. The number of pyridine rings is 1. The predicted molar refractivity (Wildman–Crippen MR) is 128 cm³/mol. The van der Waals surface area contributed by atoms with Gasteiger partial charge in [0.2, 0.25) is 0 Å². The summed E-state index contributed by atoms with van der Waals surface area (Å²) in [7, 11) is 1.85. The van der Waals surface area contributed by atoms with E-state index in [4.69, 9.17) is 28.5 Å². The van der Waals surface area contributed by atoms with E-state index >= 15 is 0 Å². The molecule has 0 amide bonds. The second-order valence-electron chi connectivity index (χ2n) is 8.12. The van der Waals surface area contributed by atoms with Crippen molar-refractivity contribution in [2.45, 2.75) is 18.9 Å². The molecular formula is C24H22Cl2N6O. The molecule has 0 saturated carbocycles. The first-order chi connectivity index (χ1) is 15.9. The van der Waals surface area contributed by atoms with Gasteiger partial charge in [-0.1, -0.05) is 29.3 Å². The average molecular weight is 481 g/mol. The van der Waals surface area contributed by atoms with Gasteiger partial charge in [0.15, 0.2) is 5.78 Å². The van der Waals surface area contributed by atoms with E-state index in [1.54, 1.807) is 31.2 Å². The van der Waals surface area contributed by atoms with E-state index in [1.807, 2.05) is 24.1 Å². The summed E-state index contributed by atoms with van der Waals surface area (Å²) in [5.74, 6) is 0.488. The molecule has 1 aromatic carbocycles. The minimum absolute atomic E-state index is 0.0328. The molecule has 2 aromatic heterocycles. The highest BCUT2D eigenvalue weighted by atomic mass is 35.5. The summed E-state index contributed by atoms with van der Waals surface area (Å²) in [6.45, 7) is 3.15. The molecule has 9 heteroatoms. The van der Waals surface area contributed by atoms with Crippen molar-refractivity contribution in [1.82, 2.24) is 20.5 Å². The Hall–Kier alpha value is -3.05. The van der Waals surface area contributed by atoms with Gasteiger partial charge in [0.25, 0.3) is 0 Å². The van der Waals surface area contributed by atoms with Gasteiger partial charge in [-0.15, -0.1) is 0 Å². The number of hydrogen-bond acceptors (Lipinski definition) is 7. The number of hydrogen-bond donors (Lipinski definition) is 1. The Morgan fingerprint density at radius 3 is 2.67 bits per heavy atom. The van der Waals surface area contributed by atoms with Gasteiger partial charge in [0.05, 0.1) is 33.5 Å². The number of aromatic nitrogens is 3. The number of Topliss-reactive ketones (excluding diaryl/α,β-unsaturated/α-hetero) is 1. The van der Waals surface area contributed by atoms with E-state index in [-0.39, 0.29) is 17.6 Å². The van der Waals surface area contributed by atoms with Crippen molar-refractivity contribution in [2.24, 2.45) is 5.92 Å².